The van der Waals surface area contributed by atoms with Crippen molar-refractivity contribution in [3.63, 3.8) is 0 Å². The van der Waals surface area contributed by atoms with E-state index in [2.05, 4.69) is 50.6 Å². The Morgan fingerprint density at radius 3 is 2.60 bits per heavy atom. The van der Waals surface area contributed by atoms with Crippen LogP contribution in [-0.2, 0) is 0 Å². The summed E-state index contributed by atoms with van der Waals surface area (Å²) in [6.45, 7) is 2.21. The fourth-order valence-corrected chi connectivity index (χ4v) is 2.02. The number of hydrogen-bond donors (Lipinski definition) is 0. The number of nitrogens with zero attached hydrogens (tertiary/aromatic N) is 3. The molecule has 0 radical (unpaired) electrons. The van der Waals surface area contributed by atoms with E-state index < -0.39 is 0 Å². The molecule has 0 aliphatic carbocycles. The zero-order chi connectivity index (χ0) is 11.3. The van der Waals surface area contributed by atoms with E-state index in [4.69, 9.17) is 0 Å². The highest BCUT2D eigenvalue weighted by molar-refractivity contribution is 14.1. The van der Waals surface area contributed by atoms with Gasteiger partial charge in [-0.1, -0.05) is 0 Å². The topological polar surface area (TPSA) is 29.0 Å². The molecule has 0 saturated carbocycles. The Labute approximate surface area is 109 Å². The summed E-state index contributed by atoms with van der Waals surface area (Å²) < 4.78 is 1.07. The van der Waals surface area contributed by atoms with Gasteiger partial charge in [-0.2, -0.15) is 11.8 Å². The van der Waals surface area contributed by atoms with Crippen molar-refractivity contribution in [2.75, 3.05) is 24.0 Å². The smallest absolute Gasteiger partial charge is 0.225 e. The molecule has 84 valence electrons. The molecule has 0 bridgehead atoms. The highest BCUT2D eigenvalue weighted by Crippen LogP contribution is 2.13. The van der Waals surface area contributed by atoms with Crippen LogP contribution in [-0.4, -0.2) is 35.1 Å². The average Bonchev–Trinajstić information content (AvgIpc) is 2.26. The van der Waals surface area contributed by atoms with E-state index >= 15 is 0 Å². The molecular weight excluding hydrogens is 321 g/mol. The molecule has 15 heavy (non-hydrogen) atoms. The maximum Gasteiger partial charge on any atom is 0.225 e. The zero-order valence-electron chi connectivity index (χ0n) is 9.27. The van der Waals surface area contributed by atoms with Crippen LogP contribution in [0.15, 0.2) is 12.4 Å². The van der Waals surface area contributed by atoms with E-state index in [1.165, 1.54) is 5.75 Å². The fraction of sp³-hybridized carbons (Fsp3) is 0.600. The molecule has 0 fully saturated rings. The lowest BCUT2D eigenvalue weighted by atomic mass is 10.2. The van der Waals surface area contributed by atoms with Crippen LogP contribution >= 0.6 is 34.4 Å². The minimum Gasteiger partial charge on any atom is -0.341 e. The van der Waals surface area contributed by atoms with E-state index in [1.807, 2.05) is 31.2 Å². The van der Waals surface area contributed by atoms with Crippen molar-refractivity contribution in [3.05, 3.63) is 16.0 Å². The van der Waals surface area contributed by atoms with Crippen molar-refractivity contribution in [2.24, 2.45) is 0 Å². The maximum absolute atomic E-state index is 4.31. The summed E-state index contributed by atoms with van der Waals surface area (Å²) in [7, 11) is 2.05. The lowest BCUT2D eigenvalue weighted by Gasteiger charge is -2.24. The van der Waals surface area contributed by atoms with Crippen LogP contribution in [0, 0.1) is 3.57 Å². The SMILES string of the molecule is CSCCC(C)N(C)c1ncc(I)cn1. The molecule has 0 aliphatic heterocycles. The molecule has 1 heterocycles. The van der Waals surface area contributed by atoms with E-state index in [0.29, 0.717) is 6.04 Å². The van der Waals surface area contributed by atoms with Gasteiger partial charge in [0, 0.05) is 29.1 Å². The standard InChI is InChI=1S/C10H16IN3S/c1-8(4-5-15-3)14(2)10-12-6-9(11)7-13-10/h6-8H,4-5H2,1-3H3. The lowest BCUT2D eigenvalue weighted by Crippen LogP contribution is -2.30. The van der Waals surface area contributed by atoms with E-state index in [1.54, 1.807) is 0 Å². The van der Waals surface area contributed by atoms with Crippen LogP contribution in [0.25, 0.3) is 0 Å². The second-order valence-corrected chi connectivity index (χ2v) is 5.67. The summed E-state index contributed by atoms with van der Waals surface area (Å²) >= 11 is 4.09. The van der Waals surface area contributed by atoms with Crippen molar-refractivity contribution in [2.45, 2.75) is 19.4 Å². The minimum absolute atomic E-state index is 0.484. The third-order valence-electron chi connectivity index (χ3n) is 2.32. The van der Waals surface area contributed by atoms with Crippen molar-refractivity contribution < 1.29 is 0 Å². The molecule has 0 aliphatic rings. The van der Waals surface area contributed by atoms with Gasteiger partial charge < -0.3 is 4.90 Å². The molecular formula is C10H16IN3S. The number of hydrogen-bond acceptors (Lipinski definition) is 4. The quantitative estimate of drug-likeness (QED) is 0.773. The molecule has 1 rings (SSSR count). The average molecular weight is 337 g/mol. The van der Waals surface area contributed by atoms with Crippen LogP contribution in [0.4, 0.5) is 5.95 Å². The predicted octanol–water partition coefficient (Wildman–Crippen LogP) is 2.66. The Balaban J connectivity index is 2.59. The van der Waals surface area contributed by atoms with E-state index in [-0.39, 0.29) is 0 Å². The molecule has 0 amide bonds. The van der Waals surface area contributed by atoms with Crippen molar-refractivity contribution in [3.8, 4) is 0 Å². The van der Waals surface area contributed by atoms with Gasteiger partial charge in [0.1, 0.15) is 0 Å². The molecule has 1 aromatic rings. The largest absolute Gasteiger partial charge is 0.341 e. The number of aromatic nitrogens is 2. The van der Waals surface area contributed by atoms with Crippen LogP contribution < -0.4 is 4.90 Å². The van der Waals surface area contributed by atoms with Gasteiger partial charge in [-0.15, -0.1) is 0 Å². The predicted molar refractivity (Wildman–Crippen MR) is 75.6 cm³/mol. The van der Waals surface area contributed by atoms with E-state index in [9.17, 15) is 0 Å². The Hall–Kier alpha value is -0.0400. The molecule has 0 N–H and O–H groups in total. The monoisotopic (exact) mass is 337 g/mol. The summed E-state index contributed by atoms with van der Waals surface area (Å²) in [6, 6.07) is 0.484. The van der Waals surface area contributed by atoms with Crippen LogP contribution in [0.5, 0.6) is 0 Å². The van der Waals surface area contributed by atoms with Gasteiger partial charge in [-0.05, 0) is 47.9 Å². The molecule has 5 heteroatoms. The number of rotatable bonds is 5. The van der Waals surface area contributed by atoms with E-state index in [0.717, 1.165) is 15.9 Å². The molecule has 0 aromatic carbocycles. The number of thioether (sulfide) groups is 1. The first-order chi connectivity index (χ1) is 7.15. The Kier molecular flexibility index (Phi) is 5.66. The molecule has 1 aromatic heterocycles. The van der Waals surface area contributed by atoms with Gasteiger partial charge in [0.05, 0.1) is 0 Å². The molecule has 1 unspecified atom stereocenters. The third kappa shape index (κ3) is 4.14. The van der Waals surface area contributed by atoms with Crippen LogP contribution in [0.1, 0.15) is 13.3 Å². The van der Waals surface area contributed by atoms with Crippen LogP contribution in [0.3, 0.4) is 0 Å². The fourth-order valence-electron chi connectivity index (χ4n) is 1.17. The summed E-state index contributed by atoms with van der Waals surface area (Å²) in [5, 5.41) is 0. The van der Waals surface area contributed by atoms with Gasteiger partial charge in [0.2, 0.25) is 5.95 Å². The second kappa shape index (κ2) is 6.52. The van der Waals surface area contributed by atoms with Gasteiger partial charge in [-0.3, -0.25) is 0 Å². The zero-order valence-corrected chi connectivity index (χ0v) is 12.2. The third-order valence-corrected chi connectivity index (χ3v) is 3.52. The number of halogens is 1. The first kappa shape index (κ1) is 13.0. The normalized spacial score (nSPS) is 12.5. The van der Waals surface area contributed by atoms with Crippen molar-refractivity contribution in [1.82, 2.24) is 9.97 Å². The molecule has 0 saturated heterocycles. The lowest BCUT2D eigenvalue weighted by molar-refractivity contribution is 0.653. The first-order valence-corrected chi connectivity index (χ1v) is 7.31. The van der Waals surface area contributed by atoms with Gasteiger partial charge in [-0.25, -0.2) is 9.97 Å². The van der Waals surface area contributed by atoms with Gasteiger partial charge in [0.15, 0.2) is 0 Å². The Bertz CT molecular complexity index is 291. The van der Waals surface area contributed by atoms with Crippen molar-refractivity contribution >= 4 is 40.3 Å². The maximum atomic E-state index is 4.31. The summed E-state index contributed by atoms with van der Waals surface area (Å²) in [6.07, 6.45) is 6.99. The van der Waals surface area contributed by atoms with Gasteiger partial charge >= 0.3 is 0 Å². The minimum atomic E-state index is 0.484. The highest BCUT2D eigenvalue weighted by Gasteiger charge is 2.11. The highest BCUT2D eigenvalue weighted by atomic mass is 127. The Morgan fingerprint density at radius 1 is 1.47 bits per heavy atom. The summed E-state index contributed by atoms with van der Waals surface area (Å²) in [5.41, 5.74) is 0. The van der Waals surface area contributed by atoms with Crippen LogP contribution in [0.2, 0.25) is 0 Å². The van der Waals surface area contributed by atoms with Crippen molar-refractivity contribution in [1.29, 1.82) is 0 Å². The molecule has 1 atom stereocenters. The summed E-state index contributed by atoms with van der Waals surface area (Å²) in [5.74, 6) is 1.99. The number of anilines is 1. The second-order valence-electron chi connectivity index (χ2n) is 3.44. The van der Waals surface area contributed by atoms with Gasteiger partial charge in [0.25, 0.3) is 0 Å². The molecule has 3 nitrogen and oxygen atoms in total. The Morgan fingerprint density at radius 2 is 2.07 bits per heavy atom. The summed E-state index contributed by atoms with van der Waals surface area (Å²) in [4.78, 5) is 10.7. The molecule has 0 spiro atoms. The first-order valence-electron chi connectivity index (χ1n) is 4.84.